The molecule has 8 nitrogen and oxygen atoms in total. The van der Waals surface area contributed by atoms with E-state index in [2.05, 4.69) is 10.3 Å². The predicted octanol–water partition coefficient (Wildman–Crippen LogP) is 5.62. The fourth-order valence-electron chi connectivity index (χ4n) is 5.25. The molecule has 0 spiro atoms. The minimum atomic E-state index is -0.529. The Hall–Kier alpha value is -3.91. The maximum absolute atomic E-state index is 13.6. The first-order valence-electron chi connectivity index (χ1n) is 13.2. The Bertz CT molecular complexity index is 1650. The molecule has 208 valence electrons. The molecule has 0 fully saturated rings. The third-order valence-corrected chi connectivity index (χ3v) is 7.80. The highest BCUT2D eigenvalue weighted by Gasteiger charge is 2.35. The third-order valence-electron chi connectivity index (χ3n) is 7.44. The van der Waals surface area contributed by atoms with E-state index in [9.17, 15) is 14.4 Å². The number of benzene rings is 1. The SMILES string of the molecule is COC1=CN=C(N2Cc3c(Cl)ccc(CCc4c(N[C@@H](c5ccc(C)o5)C(C)(C)C)c(=O)c4=O)c3C2=O)CC=C1. The molecule has 1 N–H and O–H groups in total. The predicted molar refractivity (Wildman–Crippen MR) is 156 cm³/mol. The van der Waals surface area contributed by atoms with Crippen molar-refractivity contribution in [1.82, 2.24) is 4.90 Å². The van der Waals surface area contributed by atoms with E-state index < -0.39 is 10.9 Å². The van der Waals surface area contributed by atoms with E-state index in [1.807, 2.05) is 58.0 Å². The average molecular weight is 562 g/mol. The molecule has 0 unspecified atom stereocenters. The number of carbonyl (C=O) groups is 1. The largest absolute Gasteiger partial charge is 0.495 e. The molecule has 2 aliphatic heterocycles. The summed E-state index contributed by atoms with van der Waals surface area (Å²) in [5, 5.41) is 3.81. The van der Waals surface area contributed by atoms with E-state index in [1.165, 1.54) is 0 Å². The van der Waals surface area contributed by atoms with E-state index in [-0.39, 0.29) is 17.4 Å². The van der Waals surface area contributed by atoms with Crippen molar-refractivity contribution in [3.8, 4) is 0 Å². The molecular formula is C31H32ClN3O5. The van der Waals surface area contributed by atoms with Gasteiger partial charge in [0.2, 0.25) is 10.9 Å². The Balaban J connectivity index is 1.39. The molecular weight excluding hydrogens is 530 g/mol. The van der Waals surface area contributed by atoms with E-state index in [0.29, 0.717) is 65.0 Å². The van der Waals surface area contributed by atoms with Gasteiger partial charge in [-0.25, -0.2) is 4.99 Å². The molecule has 2 aromatic carbocycles. The third kappa shape index (κ3) is 5.04. The summed E-state index contributed by atoms with van der Waals surface area (Å²) in [5.41, 5.74) is 1.48. The number of methoxy groups -OCH3 is 1. The van der Waals surface area contributed by atoms with Crippen LogP contribution in [0.2, 0.25) is 5.02 Å². The number of hydrogen-bond acceptors (Lipinski definition) is 7. The van der Waals surface area contributed by atoms with Gasteiger partial charge in [0.1, 0.15) is 23.1 Å². The number of nitrogens with one attached hydrogen (secondary N) is 1. The van der Waals surface area contributed by atoms with Crippen molar-refractivity contribution in [2.24, 2.45) is 10.4 Å². The number of hydrogen-bond donors (Lipinski definition) is 1. The van der Waals surface area contributed by atoms with Crippen LogP contribution in [0.25, 0.3) is 0 Å². The molecule has 0 radical (unpaired) electrons. The smallest absolute Gasteiger partial charge is 0.260 e. The monoisotopic (exact) mass is 561 g/mol. The second-order valence-corrected chi connectivity index (χ2v) is 11.6. The van der Waals surface area contributed by atoms with Crippen LogP contribution in [0.15, 0.2) is 67.4 Å². The molecule has 9 heteroatoms. The summed E-state index contributed by atoms with van der Waals surface area (Å²) >= 11 is 6.52. The molecule has 1 atom stereocenters. The maximum Gasteiger partial charge on any atom is 0.260 e. The van der Waals surface area contributed by atoms with Gasteiger partial charge in [0.15, 0.2) is 0 Å². The molecule has 40 heavy (non-hydrogen) atoms. The number of rotatable bonds is 7. The number of ether oxygens (including phenoxy) is 1. The van der Waals surface area contributed by atoms with Gasteiger partial charge in [-0.1, -0.05) is 44.5 Å². The quantitative estimate of drug-likeness (QED) is 0.375. The van der Waals surface area contributed by atoms with Crippen LogP contribution in [-0.4, -0.2) is 23.8 Å². The summed E-state index contributed by atoms with van der Waals surface area (Å²) in [6.07, 6.45) is 6.49. The highest BCUT2D eigenvalue weighted by atomic mass is 35.5. The van der Waals surface area contributed by atoms with Crippen LogP contribution in [-0.2, 0) is 24.1 Å². The van der Waals surface area contributed by atoms with Crippen molar-refractivity contribution >= 4 is 29.0 Å². The number of amidine groups is 1. The van der Waals surface area contributed by atoms with Crippen LogP contribution in [0.4, 0.5) is 5.69 Å². The maximum atomic E-state index is 13.6. The molecule has 1 aromatic heterocycles. The van der Waals surface area contributed by atoms with E-state index >= 15 is 0 Å². The number of allylic oxidation sites excluding steroid dienone is 1. The summed E-state index contributed by atoms with van der Waals surface area (Å²) < 4.78 is 11.1. The van der Waals surface area contributed by atoms with Gasteiger partial charge in [0, 0.05) is 28.1 Å². The zero-order chi connectivity index (χ0) is 28.8. The molecule has 3 heterocycles. The lowest BCUT2D eigenvalue weighted by Crippen LogP contribution is -2.41. The number of anilines is 1. The number of nitrogens with zero attached hydrogens (tertiary/aromatic N) is 2. The number of aliphatic imine (C=N–C) groups is 1. The van der Waals surface area contributed by atoms with Gasteiger partial charge in [-0.3, -0.25) is 19.3 Å². The summed E-state index contributed by atoms with van der Waals surface area (Å²) in [6.45, 7) is 8.31. The minimum Gasteiger partial charge on any atom is -0.495 e. The second-order valence-electron chi connectivity index (χ2n) is 11.2. The molecule has 0 saturated carbocycles. The Morgan fingerprint density at radius 2 is 1.90 bits per heavy atom. The molecule has 3 aromatic rings. The summed E-state index contributed by atoms with van der Waals surface area (Å²) in [4.78, 5) is 45.0. The van der Waals surface area contributed by atoms with Crippen LogP contribution in [0.3, 0.4) is 0 Å². The number of aryl methyl sites for hydroxylation is 2. The normalized spacial score (nSPS) is 16.1. The Kier molecular flexibility index (Phi) is 7.31. The molecule has 2 aliphatic rings. The summed E-state index contributed by atoms with van der Waals surface area (Å²) in [5.74, 6) is 2.49. The van der Waals surface area contributed by atoms with Gasteiger partial charge < -0.3 is 14.5 Å². The van der Waals surface area contributed by atoms with Gasteiger partial charge in [0.05, 0.1) is 31.6 Å². The van der Waals surface area contributed by atoms with E-state index in [0.717, 1.165) is 16.9 Å². The average Bonchev–Trinajstić information content (AvgIpc) is 3.40. The zero-order valence-corrected chi connectivity index (χ0v) is 24.0. The van der Waals surface area contributed by atoms with Gasteiger partial charge >= 0.3 is 0 Å². The minimum absolute atomic E-state index is 0.182. The van der Waals surface area contributed by atoms with E-state index in [1.54, 1.807) is 24.3 Å². The summed E-state index contributed by atoms with van der Waals surface area (Å²) in [6, 6.07) is 7.06. The highest BCUT2D eigenvalue weighted by molar-refractivity contribution is 6.32. The number of fused-ring (bicyclic) bond motifs is 1. The highest BCUT2D eigenvalue weighted by Crippen LogP contribution is 2.37. The van der Waals surface area contributed by atoms with Crippen LogP contribution in [0.1, 0.15) is 71.8 Å². The van der Waals surface area contributed by atoms with Crippen molar-refractivity contribution in [3.63, 3.8) is 0 Å². The molecule has 0 saturated heterocycles. The van der Waals surface area contributed by atoms with Gasteiger partial charge in [-0.05, 0) is 55.0 Å². The first-order valence-corrected chi connectivity index (χ1v) is 13.6. The lowest BCUT2D eigenvalue weighted by Gasteiger charge is -2.31. The Morgan fingerprint density at radius 1 is 1.12 bits per heavy atom. The molecule has 0 aliphatic carbocycles. The van der Waals surface area contributed by atoms with Gasteiger partial charge in [-0.2, -0.15) is 0 Å². The van der Waals surface area contributed by atoms with Crippen LogP contribution in [0.5, 0.6) is 0 Å². The van der Waals surface area contributed by atoms with Crippen LogP contribution in [0, 0.1) is 12.3 Å². The zero-order valence-electron chi connectivity index (χ0n) is 23.3. The topological polar surface area (TPSA) is 101 Å². The van der Waals surface area contributed by atoms with Crippen molar-refractivity contribution in [1.29, 1.82) is 0 Å². The number of amides is 1. The molecule has 0 bridgehead atoms. The van der Waals surface area contributed by atoms with Gasteiger partial charge in [0.25, 0.3) is 5.91 Å². The fraction of sp³-hybridized carbons (Fsp3) is 0.355. The molecule has 1 amide bonds. The van der Waals surface area contributed by atoms with Crippen molar-refractivity contribution in [3.05, 3.63) is 108 Å². The standard InChI is InChI=1S/C31H32ClN3O5/c1-17-9-14-23(40-17)29(31(2,3)4)34-26-20(27(36)28(26)37)12-10-18-11-13-22(32)21-16-35(30(38)25(18)21)24-8-6-7-19(39-5)15-33-24/h6-7,9,11,13-15,29,34H,8,10,12,16H2,1-5H3/t29-/m0/s1. The number of carbonyl (C=O) groups excluding carboxylic acids is 1. The summed E-state index contributed by atoms with van der Waals surface area (Å²) in [7, 11) is 1.57. The van der Waals surface area contributed by atoms with Crippen molar-refractivity contribution in [2.45, 2.75) is 59.5 Å². The van der Waals surface area contributed by atoms with Crippen molar-refractivity contribution in [2.75, 3.05) is 12.4 Å². The van der Waals surface area contributed by atoms with Crippen LogP contribution < -0.4 is 16.2 Å². The lowest BCUT2D eigenvalue weighted by molar-refractivity contribution is 0.0863. The Morgan fingerprint density at radius 3 is 2.58 bits per heavy atom. The Labute approximate surface area is 237 Å². The second kappa shape index (κ2) is 10.6. The van der Waals surface area contributed by atoms with Crippen molar-refractivity contribution < 1.29 is 13.9 Å². The lowest BCUT2D eigenvalue weighted by atomic mass is 9.84. The van der Waals surface area contributed by atoms with E-state index in [4.69, 9.17) is 20.8 Å². The first kappa shape index (κ1) is 27.6. The first-order chi connectivity index (χ1) is 19.0. The number of halogens is 1. The number of furan rings is 1. The fourth-order valence-corrected chi connectivity index (χ4v) is 5.46. The van der Waals surface area contributed by atoms with Crippen LogP contribution >= 0.6 is 11.6 Å². The van der Waals surface area contributed by atoms with Gasteiger partial charge in [-0.15, -0.1) is 0 Å². The molecule has 5 rings (SSSR count).